The van der Waals surface area contributed by atoms with Gasteiger partial charge in [-0.25, -0.2) is 0 Å². The van der Waals surface area contributed by atoms with Crippen LogP contribution in [0.3, 0.4) is 0 Å². The Morgan fingerprint density at radius 1 is 1.14 bits per heavy atom. The number of halogens is 2. The van der Waals surface area contributed by atoms with Crippen molar-refractivity contribution in [2.75, 3.05) is 31.6 Å². The highest BCUT2D eigenvalue weighted by atomic mass is 35.5. The van der Waals surface area contributed by atoms with Crippen molar-refractivity contribution in [3.63, 3.8) is 0 Å². The van der Waals surface area contributed by atoms with Crippen LogP contribution in [-0.4, -0.2) is 48.4 Å². The first-order chi connectivity index (χ1) is 12.9. The van der Waals surface area contributed by atoms with Crippen molar-refractivity contribution < 1.29 is 9.84 Å². The minimum atomic E-state index is -0.541. The van der Waals surface area contributed by atoms with Crippen LogP contribution in [-0.2, 0) is 6.54 Å². The van der Waals surface area contributed by atoms with Gasteiger partial charge in [-0.05, 0) is 68.8 Å². The van der Waals surface area contributed by atoms with Gasteiger partial charge < -0.3 is 14.7 Å². The van der Waals surface area contributed by atoms with Gasteiger partial charge >= 0.3 is 0 Å². The number of nitrogens with zero attached hydrogens (tertiary/aromatic N) is 2. The molecule has 0 saturated carbocycles. The van der Waals surface area contributed by atoms with E-state index in [0.29, 0.717) is 0 Å². The van der Waals surface area contributed by atoms with Crippen molar-refractivity contribution in [1.29, 1.82) is 0 Å². The van der Waals surface area contributed by atoms with E-state index < -0.39 is 5.60 Å². The molecule has 7 heteroatoms. The minimum Gasteiger partial charge on any atom is -0.491 e. The maximum atomic E-state index is 11.0. The van der Waals surface area contributed by atoms with E-state index in [1.807, 2.05) is 37.3 Å². The van der Waals surface area contributed by atoms with Crippen LogP contribution in [0.5, 0.6) is 5.75 Å². The highest BCUT2D eigenvalue weighted by Gasteiger charge is 2.32. The molecule has 0 atom stereocenters. The zero-order valence-electron chi connectivity index (χ0n) is 17.5. The first-order valence-electron chi connectivity index (χ1n) is 9.88. The van der Waals surface area contributed by atoms with Crippen molar-refractivity contribution >= 4 is 41.8 Å². The lowest BCUT2D eigenvalue weighted by molar-refractivity contribution is -0.0273. The van der Waals surface area contributed by atoms with Gasteiger partial charge in [0.05, 0.1) is 11.7 Å². The Bertz CT molecular complexity index is 687. The molecule has 1 fully saturated rings. The highest BCUT2D eigenvalue weighted by molar-refractivity contribution is 7.09. The number of anilines is 1. The fraction of sp³-hybridized carbons (Fsp3) is 0.545. The first kappa shape index (κ1) is 26.1. The summed E-state index contributed by atoms with van der Waals surface area (Å²) in [5.41, 5.74) is 0.616. The third-order valence-corrected chi connectivity index (χ3v) is 6.17. The van der Waals surface area contributed by atoms with Gasteiger partial charge in [-0.2, -0.15) is 0 Å². The second kappa shape index (κ2) is 12.0. The van der Waals surface area contributed by atoms with Crippen molar-refractivity contribution in [3.05, 3.63) is 46.7 Å². The Morgan fingerprint density at radius 2 is 1.79 bits per heavy atom. The van der Waals surface area contributed by atoms with Crippen LogP contribution in [0.4, 0.5) is 5.69 Å². The standard InChI is InChI=1S/C22H32N2O2S.2ClH/c1-18(2)26-20-8-6-19(7-9-20)23(3)13-10-22(25)11-14-24(15-12-22)17-21-5-4-16-27-21;;/h4-9,16,18,25H,10-15,17H2,1-3H3;2*1H. The van der Waals surface area contributed by atoms with Gasteiger partial charge in [0.25, 0.3) is 0 Å². The van der Waals surface area contributed by atoms with Crippen molar-refractivity contribution in [2.24, 2.45) is 0 Å². The molecule has 4 nitrogen and oxygen atoms in total. The maximum Gasteiger partial charge on any atom is 0.119 e. The van der Waals surface area contributed by atoms with Gasteiger partial charge in [-0.15, -0.1) is 36.2 Å². The lowest BCUT2D eigenvalue weighted by Gasteiger charge is -2.39. The van der Waals surface area contributed by atoms with Crippen LogP contribution in [0.15, 0.2) is 41.8 Å². The molecule has 2 aromatic rings. The molecular formula is C22H34Cl2N2O2S. The summed E-state index contributed by atoms with van der Waals surface area (Å²) in [7, 11) is 2.09. The molecule has 0 unspecified atom stereocenters. The number of hydrogen-bond donors (Lipinski definition) is 1. The quantitative estimate of drug-likeness (QED) is 0.584. The number of rotatable bonds is 8. The fourth-order valence-electron chi connectivity index (χ4n) is 3.56. The number of aliphatic hydroxyl groups is 1. The monoisotopic (exact) mass is 460 g/mol. The van der Waals surface area contributed by atoms with Crippen LogP contribution < -0.4 is 9.64 Å². The predicted molar refractivity (Wildman–Crippen MR) is 128 cm³/mol. The van der Waals surface area contributed by atoms with E-state index in [2.05, 4.69) is 46.5 Å². The van der Waals surface area contributed by atoms with Crippen LogP contribution >= 0.6 is 36.2 Å². The average Bonchev–Trinajstić information content (AvgIpc) is 3.15. The number of ether oxygens (including phenoxy) is 1. The second-order valence-electron chi connectivity index (χ2n) is 7.91. The topological polar surface area (TPSA) is 35.9 Å². The van der Waals surface area contributed by atoms with Gasteiger partial charge in [-0.3, -0.25) is 4.90 Å². The van der Waals surface area contributed by atoms with E-state index in [1.165, 1.54) is 4.88 Å². The van der Waals surface area contributed by atoms with Gasteiger partial charge in [-0.1, -0.05) is 6.07 Å². The normalized spacial score (nSPS) is 16.0. The maximum absolute atomic E-state index is 11.0. The van der Waals surface area contributed by atoms with E-state index in [1.54, 1.807) is 0 Å². The van der Waals surface area contributed by atoms with Crippen molar-refractivity contribution in [2.45, 2.75) is 51.4 Å². The third-order valence-electron chi connectivity index (χ3n) is 5.31. The summed E-state index contributed by atoms with van der Waals surface area (Å²) in [6, 6.07) is 12.5. The molecular weight excluding hydrogens is 427 g/mol. The number of benzene rings is 1. The van der Waals surface area contributed by atoms with E-state index in [0.717, 1.165) is 56.9 Å². The summed E-state index contributed by atoms with van der Waals surface area (Å²) in [6.07, 6.45) is 2.70. The van der Waals surface area contributed by atoms with Crippen molar-refractivity contribution in [3.8, 4) is 5.75 Å². The number of likely N-dealkylation sites (tertiary alicyclic amines) is 1. The molecule has 0 radical (unpaired) electrons. The average molecular weight is 461 g/mol. The smallest absolute Gasteiger partial charge is 0.119 e. The van der Waals surface area contributed by atoms with Gasteiger partial charge in [0, 0.05) is 43.8 Å². The number of hydrogen-bond acceptors (Lipinski definition) is 5. The SMILES string of the molecule is CC(C)Oc1ccc(N(C)CCC2(O)CCN(Cc3cccs3)CC2)cc1.Cl.Cl. The Morgan fingerprint density at radius 3 is 2.34 bits per heavy atom. The Hall–Kier alpha value is -0.980. The first-order valence-corrected chi connectivity index (χ1v) is 10.8. The van der Waals surface area contributed by atoms with E-state index >= 15 is 0 Å². The zero-order chi connectivity index (χ0) is 19.3. The molecule has 0 amide bonds. The lowest BCUT2D eigenvalue weighted by Crippen LogP contribution is -2.45. The summed E-state index contributed by atoms with van der Waals surface area (Å²) in [5, 5.41) is 13.1. The summed E-state index contributed by atoms with van der Waals surface area (Å²) >= 11 is 1.81. The molecule has 0 spiro atoms. The minimum absolute atomic E-state index is 0. The van der Waals surface area contributed by atoms with Gasteiger partial charge in [0.15, 0.2) is 0 Å². The van der Waals surface area contributed by atoms with Crippen LogP contribution in [0.1, 0.15) is 38.0 Å². The molecule has 1 aromatic heterocycles. The molecule has 0 aliphatic carbocycles. The van der Waals surface area contributed by atoms with E-state index in [4.69, 9.17) is 4.74 Å². The summed E-state index contributed by atoms with van der Waals surface area (Å²) in [6.45, 7) is 7.88. The summed E-state index contributed by atoms with van der Waals surface area (Å²) < 4.78 is 5.71. The van der Waals surface area contributed by atoms with E-state index in [9.17, 15) is 5.11 Å². The van der Waals surface area contributed by atoms with Gasteiger partial charge in [0.1, 0.15) is 5.75 Å². The second-order valence-corrected chi connectivity index (χ2v) is 8.94. The fourth-order valence-corrected chi connectivity index (χ4v) is 4.30. The van der Waals surface area contributed by atoms with Crippen molar-refractivity contribution in [1.82, 2.24) is 4.90 Å². The molecule has 1 aromatic carbocycles. The van der Waals surface area contributed by atoms with Crippen LogP contribution in [0.2, 0.25) is 0 Å². The summed E-state index contributed by atoms with van der Waals surface area (Å²) in [5.74, 6) is 0.902. The molecule has 1 aliphatic heterocycles. The molecule has 3 rings (SSSR count). The predicted octanol–water partition coefficient (Wildman–Crippen LogP) is 5.23. The van der Waals surface area contributed by atoms with Gasteiger partial charge in [0.2, 0.25) is 0 Å². The summed E-state index contributed by atoms with van der Waals surface area (Å²) in [4.78, 5) is 6.08. The Kier molecular flexibility index (Phi) is 10.8. The lowest BCUT2D eigenvalue weighted by atomic mass is 9.88. The third kappa shape index (κ3) is 7.99. The molecule has 164 valence electrons. The molecule has 1 saturated heterocycles. The Labute approximate surface area is 191 Å². The Balaban J connectivity index is 0.00000210. The molecule has 2 heterocycles. The molecule has 1 aliphatic rings. The zero-order valence-corrected chi connectivity index (χ0v) is 20.0. The van der Waals surface area contributed by atoms with Crippen LogP contribution in [0.25, 0.3) is 0 Å². The number of piperidine rings is 1. The largest absolute Gasteiger partial charge is 0.491 e. The van der Waals surface area contributed by atoms with E-state index in [-0.39, 0.29) is 30.9 Å². The molecule has 0 bridgehead atoms. The number of thiophene rings is 1. The molecule has 1 N–H and O–H groups in total. The van der Waals surface area contributed by atoms with Crippen LogP contribution in [0, 0.1) is 0 Å². The highest BCUT2D eigenvalue weighted by Crippen LogP contribution is 2.28. The molecule has 29 heavy (non-hydrogen) atoms.